The molecule has 1 aliphatic heterocycles. The van der Waals surface area contributed by atoms with Gasteiger partial charge in [-0.2, -0.15) is 0 Å². The van der Waals surface area contributed by atoms with Crippen LogP contribution in [0.3, 0.4) is 0 Å². The minimum absolute atomic E-state index is 0.0245. The normalized spacial score (nSPS) is 14.5. The van der Waals surface area contributed by atoms with E-state index >= 15 is 0 Å². The zero-order valence-electron chi connectivity index (χ0n) is 14.7. The molecule has 1 heterocycles. The van der Waals surface area contributed by atoms with E-state index in [1.165, 1.54) is 11.3 Å². The van der Waals surface area contributed by atoms with Gasteiger partial charge in [0, 0.05) is 36.9 Å². The Labute approximate surface area is 154 Å². The molecule has 1 fully saturated rings. The first-order valence-electron chi connectivity index (χ1n) is 8.51. The smallest absolute Gasteiger partial charge is 0.260 e. The molecule has 1 saturated heterocycles. The van der Waals surface area contributed by atoms with Crippen LogP contribution >= 0.6 is 11.6 Å². The van der Waals surface area contributed by atoms with Crippen molar-refractivity contribution in [1.29, 1.82) is 0 Å². The number of aryl methyl sites for hydroxylation is 2. The standard InChI is InChI=1S/C20H23ClN2O2/c1-15-4-3-5-17(12-15)22-8-10-23(11-9-22)20(24)14-25-18-6-7-19(21)16(2)13-18/h3-7,12-13H,8-11,14H2,1-2H3. The lowest BCUT2D eigenvalue weighted by Gasteiger charge is -2.36. The zero-order valence-corrected chi connectivity index (χ0v) is 15.4. The van der Waals surface area contributed by atoms with Gasteiger partial charge in [0.25, 0.3) is 5.91 Å². The summed E-state index contributed by atoms with van der Waals surface area (Å²) in [5.74, 6) is 0.699. The molecule has 132 valence electrons. The minimum Gasteiger partial charge on any atom is -0.484 e. The van der Waals surface area contributed by atoms with Crippen LogP contribution in [0.2, 0.25) is 5.02 Å². The molecule has 4 nitrogen and oxygen atoms in total. The number of anilines is 1. The van der Waals surface area contributed by atoms with Gasteiger partial charge in [-0.05, 0) is 55.3 Å². The number of rotatable bonds is 4. The van der Waals surface area contributed by atoms with Crippen molar-refractivity contribution in [3.8, 4) is 5.75 Å². The number of carbonyl (C=O) groups is 1. The molecule has 0 N–H and O–H groups in total. The number of hydrogen-bond acceptors (Lipinski definition) is 3. The van der Waals surface area contributed by atoms with Crippen molar-refractivity contribution in [2.45, 2.75) is 13.8 Å². The quantitative estimate of drug-likeness (QED) is 0.835. The van der Waals surface area contributed by atoms with E-state index in [2.05, 4.69) is 36.1 Å². The van der Waals surface area contributed by atoms with Gasteiger partial charge in [-0.3, -0.25) is 4.79 Å². The number of nitrogens with zero attached hydrogens (tertiary/aromatic N) is 2. The van der Waals surface area contributed by atoms with Crippen LogP contribution in [0.4, 0.5) is 5.69 Å². The first-order valence-corrected chi connectivity index (χ1v) is 8.89. The molecule has 0 atom stereocenters. The fraction of sp³-hybridized carbons (Fsp3) is 0.350. The average molecular weight is 359 g/mol. The highest BCUT2D eigenvalue weighted by atomic mass is 35.5. The Hall–Kier alpha value is -2.20. The van der Waals surface area contributed by atoms with Gasteiger partial charge in [-0.25, -0.2) is 0 Å². The topological polar surface area (TPSA) is 32.8 Å². The number of benzene rings is 2. The maximum absolute atomic E-state index is 12.4. The lowest BCUT2D eigenvalue weighted by atomic mass is 10.2. The molecule has 0 spiro atoms. The molecule has 0 aliphatic carbocycles. The third-order valence-corrected chi connectivity index (χ3v) is 4.91. The molecular weight excluding hydrogens is 336 g/mol. The van der Waals surface area contributed by atoms with Crippen molar-refractivity contribution >= 4 is 23.2 Å². The van der Waals surface area contributed by atoms with Gasteiger partial charge in [0.05, 0.1) is 0 Å². The summed E-state index contributed by atoms with van der Waals surface area (Å²) < 4.78 is 5.62. The van der Waals surface area contributed by atoms with E-state index in [0.29, 0.717) is 10.8 Å². The Morgan fingerprint density at radius 3 is 2.52 bits per heavy atom. The van der Waals surface area contributed by atoms with Gasteiger partial charge in [0.2, 0.25) is 0 Å². The second-order valence-electron chi connectivity index (χ2n) is 6.41. The molecule has 3 rings (SSSR count). The fourth-order valence-corrected chi connectivity index (χ4v) is 3.10. The molecule has 0 saturated carbocycles. The van der Waals surface area contributed by atoms with Gasteiger partial charge in [0.1, 0.15) is 5.75 Å². The van der Waals surface area contributed by atoms with Gasteiger partial charge in [-0.1, -0.05) is 23.7 Å². The molecule has 1 amide bonds. The highest BCUT2D eigenvalue weighted by molar-refractivity contribution is 6.31. The highest BCUT2D eigenvalue weighted by Crippen LogP contribution is 2.21. The predicted molar refractivity (Wildman–Crippen MR) is 102 cm³/mol. The van der Waals surface area contributed by atoms with Gasteiger partial charge in [-0.15, -0.1) is 0 Å². The number of carbonyl (C=O) groups excluding carboxylic acids is 1. The average Bonchev–Trinajstić information content (AvgIpc) is 2.62. The second kappa shape index (κ2) is 7.79. The van der Waals surface area contributed by atoms with Crippen molar-refractivity contribution in [2.75, 3.05) is 37.7 Å². The number of halogens is 1. The Morgan fingerprint density at radius 1 is 1.08 bits per heavy atom. The summed E-state index contributed by atoms with van der Waals surface area (Å²) in [5, 5.41) is 0.700. The Kier molecular flexibility index (Phi) is 5.49. The zero-order chi connectivity index (χ0) is 17.8. The van der Waals surface area contributed by atoms with E-state index in [1.54, 1.807) is 12.1 Å². The molecule has 0 unspecified atom stereocenters. The third kappa shape index (κ3) is 4.45. The van der Waals surface area contributed by atoms with Gasteiger partial charge in [0.15, 0.2) is 6.61 Å². The maximum atomic E-state index is 12.4. The van der Waals surface area contributed by atoms with E-state index in [4.69, 9.17) is 16.3 Å². The lowest BCUT2D eigenvalue weighted by molar-refractivity contribution is -0.133. The van der Waals surface area contributed by atoms with E-state index in [9.17, 15) is 4.79 Å². The summed E-state index contributed by atoms with van der Waals surface area (Å²) >= 11 is 6.00. The maximum Gasteiger partial charge on any atom is 0.260 e. The van der Waals surface area contributed by atoms with Crippen molar-refractivity contribution < 1.29 is 9.53 Å². The third-order valence-electron chi connectivity index (χ3n) is 4.49. The van der Waals surface area contributed by atoms with Gasteiger partial charge < -0.3 is 14.5 Å². The lowest BCUT2D eigenvalue weighted by Crippen LogP contribution is -2.50. The molecule has 1 aliphatic rings. The summed E-state index contributed by atoms with van der Waals surface area (Å²) in [6.45, 7) is 7.20. The van der Waals surface area contributed by atoms with E-state index in [1.807, 2.05) is 17.9 Å². The molecule has 2 aromatic carbocycles. The molecule has 5 heteroatoms. The highest BCUT2D eigenvalue weighted by Gasteiger charge is 2.21. The van der Waals surface area contributed by atoms with Crippen LogP contribution in [-0.2, 0) is 4.79 Å². The van der Waals surface area contributed by atoms with E-state index < -0.39 is 0 Å². The van der Waals surface area contributed by atoms with Crippen LogP contribution in [0, 0.1) is 13.8 Å². The van der Waals surface area contributed by atoms with Crippen LogP contribution in [0.5, 0.6) is 5.75 Å². The summed E-state index contributed by atoms with van der Waals surface area (Å²) in [4.78, 5) is 16.6. The second-order valence-corrected chi connectivity index (χ2v) is 6.81. The molecule has 0 bridgehead atoms. The molecule has 0 radical (unpaired) electrons. The number of ether oxygens (including phenoxy) is 1. The number of piperazine rings is 1. The van der Waals surface area contributed by atoms with Crippen molar-refractivity contribution in [2.24, 2.45) is 0 Å². The number of amides is 1. The van der Waals surface area contributed by atoms with Gasteiger partial charge >= 0.3 is 0 Å². The number of hydrogen-bond donors (Lipinski definition) is 0. The Morgan fingerprint density at radius 2 is 1.84 bits per heavy atom. The predicted octanol–water partition coefficient (Wildman–Crippen LogP) is 3.68. The first-order chi connectivity index (χ1) is 12.0. The summed E-state index contributed by atoms with van der Waals surface area (Å²) in [6.07, 6.45) is 0. The SMILES string of the molecule is Cc1cccc(N2CCN(C(=O)COc3ccc(Cl)c(C)c3)CC2)c1. The molecule has 2 aromatic rings. The molecule has 0 aromatic heterocycles. The first kappa shape index (κ1) is 17.6. The molecular formula is C20H23ClN2O2. The van der Waals surface area contributed by atoms with Crippen LogP contribution in [-0.4, -0.2) is 43.6 Å². The fourth-order valence-electron chi connectivity index (χ4n) is 2.98. The van der Waals surface area contributed by atoms with Crippen molar-refractivity contribution in [3.05, 3.63) is 58.6 Å². The Bertz CT molecular complexity index is 755. The molecule has 25 heavy (non-hydrogen) atoms. The van der Waals surface area contributed by atoms with Crippen LogP contribution in [0.25, 0.3) is 0 Å². The van der Waals surface area contributed by atoms with E-state index in [0.717, 1.165) is 31.7 Å². The largest absolute Gasteiger partial charge is 0.484 e. The summed E-state index contributed by atoms with van der Waals surface area (Å²) in [5.41, 5.74) is 3.42. The van der Waals surface area contributed by atoms with Crippen LogP contribution < -0.4 is 9.64 Å². The monoisotopic (exact) mass is 358 g/mol. The summed E-state index contributed by atoms with van der Waals surface area (Å²) in [7, 11) is 0. The van der Waals surface area contributed by atoms with Crippen molar-refractivity contribution in [1.82, 2.24) is 4.90 Å². The van der Waals surface area contributed by atoms with E-state index in [-0.39, 0.29) is 12.5 Å². The minimum atomic E-state index is 0.0245. The Balaban J connectivity index is 1.50. The van der Waals surface area contributed by atoms with Crippen molar-refractivity contribution in [3.63, 3.8) is 0 Å². The summed E-state index contributed by atoms with van der Waals surface area (Å²) in [6, 6.07) is 13.9. The van der Waals surface area contributed by atoms with Crippen LogP contribution in [0.1, 0.15) is 11.1 Å². The van der Waals surface area contributed by atoms with Crippen LogP contribution in [0.15, 0.2) is 42.5 Å².